The molecule has 232 valence electrons. The number of benzene rings is 2. The number of aryl methyl sites for hydroxylation is 1. The van der Waals surface area contributed by atoms with E-state index in [-0.39, 0.29) is 22.9 Å². The molecule has 0 N–H and O–H groups in total. The van der Waals surface area contributed by atoms with Crippen molar-refractivity contribution in [2.75, 3.05) is 18.6 Å². The Labute approximate surface area is 269 Å². The average molecular weight is 660 g/mol. The molecule has 0 saturated carbocycles. The third-order valence-electron chi connectivity index (χ3n) is 7.55. The van der Waals surface area contributed by atoms with Crippen molar-refractivity contribution in [3.63, 3.8) is 0 Å². The first-order valence-electron chi connectivity index (χ1n) is 15.6. The monoisotopic (exact) mass is 658 g/mol. The molecule has 1 amide bonds. The van der Waals surface area contributed by atoms with Crippen LogP contribution in [0.15, 0.2) is 54.2 Å². The predicted molar refractivity (Wildman–Crippen MR) is 171 cm³/mol. The van der Waals surface area contributed by atoms with E-state index in [2.05, 4.69) is 42.3 Å². The van der Waals surface area contributed by atoms with Gasteiger partial charge in [-0.15, -0.1) is 0 Å². The number of hydrogen-bond donors (Lipinski definition) is 0. The van der Waals surface area contributed by atoms with Crippen LogP contribution in [-0.4, -0.2) is 19.6 Å². The third kappa shape index (κ3) is 12.9. The summed E-state index contributed by atoms with van der Waals surface area (Å²) in [5.41, 5.74) is 5.16. The Morgan fingerprint density at radius 3 is 2.17 bits per heavy atom. The molecule has 3 aromatic rings. The molecule has 0 unspecified atom stereocenters. The van der Waals surface area contributed by atoms with Gasteiger partial charge >= 0.3 is 0 Å². The summed E-state index contributed by atoms with van der Waals surface area (Å²) >= 11 is 1.74. The minimum Gasteiger partial charge on any atom is -1.00 e. The highest BCUT2D eigenvalue weighted by Crippen LogP contribution is 2.29. The summed E-state index contributed by atoms with van der Waals surface area (Å²) in [6, 6.07) is 14.2. The van der Waals surface area contributed by atoms with E-state index in [1.165, 1.54) is 75.5 Å². The minimum atomic E-state index is 0. The SMILES string of the molecule is CCCCCCCCCCCCCCOc1cc(OC)ccc1CN(C(C)=O)c1cccc(C[n+]2csc(C)c2)c1.[Br-]. The van der Waals surface area contributed by atoms with Crippen LogP contribution in [0, 0.1) is 6.92 Å². The quantitative estimate of drug-likeness (QED) is 0.110. The lowest BCUT2D eigenvalue weighted by atomic mass is 10.1. The van der Waals surface area contributed by atoms with Crippen molar-refractivity contribution in [1.82, 2.24) is 0 Å². The van der Waals surface area contributed by atoms with Crippen LogP contribution in [0.2, 0.25) is 0 Å². The molecule has 5 nitrogen and oxygen atoms in total. The number of methoxy groups -OCH3 is 1. The summed E-state index contributed by atoms with van der Waals surface area (Å²) in [6.07, 6.45) is 18.0. The van der Waals surface area contributed by atoms with Gasteiger partial charge in [-0.25, -0.2) is 0 Å². The number of ether oxygens (including phenoxy) is 2. The molecule has 0 spiro atoms. The predicted octanol–water partition coefficient (Wildman–Crippen LogP) is 6.04. The fraction of sp³-hybridized carbons (Fsp3) is 0.543. The Kier molecular flexibility index (Phi) is 17.5. The molecule has 0 saturated heterocycles. The maximum Gasteiger partial charge on any atom is 0.225 e. The molecule has 42 heavy (non-hydrogen) atoms. The standard InChI is InChI=1S/C35H51N2O3S.BrH/c1-5-6-7-8-9-10-11-12-13-14-15-16-22-40-35-24-34(39-4)21-20-32(35)27-37(30(3)38)33-19-17-18-31(23-33)26-36-25-29(2)41-28-36;/h17-21,23-25,28H,5-16,22,26-27H2,1-4H3;1H/q+1;/p-1. The summed E-state index contributed by atoms with van der Waals surface area (Å²) in [4.78, 5) is 15.9. The fourth-order valence-electron chi connectivity index (χ4n) is 5.17. The van der Waals surface area contributed by atoms with E-state index < -0.39 is 0 Å². The van der Waals surface area contributed by atoms with Crippen LogP contribution in [0.5, 0.6) is 11.5 Å². The van der Waals surface area contributed by atoms with Gasteiger partial charge in [0.25, 0.3) is 0 Å². The molecule has 0 fully saturated rings. The number of carbonyl (C=O) groups excluding carboxylic acids is 1. The fourth-order valence-corrected chi connectivity index (χ4v) is 5.80. The maximum atomic E-state index is 12.8. The van der Waals surface area contributed by atoms with Gasteiger partial charge < -0.3 is 31.4 Å². The number of aromatic nitrogens is 1. The van der Waals surface area contributed by atoms with Crippen LogP contribution in [0.1, 0.15) is 107 Å². The van der Waals surface area contributed by atoms with Gasteiger partial charge in [0, 0.05) is 29.8 Å². The lowest BCUT2D eigenvalue weighted by molar-refractivity contribution is -0.683. The Morgan fingerprint density at radius 1 is 0.905 bits per heavy atom. The smallest absolute Gasteiger partial charge is 0.225 e. The summed E-state index contributed by atoms with van der Waals surface area (Å²) in [6.45, 7) is 7.91. The first kappa shape index (κ1) is 35.8. The van der Waals surface area contributed by atoms with Crippen LogP contribution in [0.25, 0.3) is 0 Å². The number of thiazole rings is 1. The molecule has 0 atom stereocenters. The van der Waals surface area contributed by atoms with Crippen LogP contribution < -0.4 is 35.9 Å². The molecule has 1 heterocycles. The first-order chi connectivity index (χ1) is 20.0. The second-order valence-corrected chi connectivity index (χ2v) is 12.2. The van der Waals surface area contributed by atoms with Gasteiger partial charge in [0.1, 0.15) is 11.5 Å². The van der Waals surface area contributed by atoms with Gasteiger partial charge in [0.2, 0.25) is 11.4 Å². The zero-order chi connectivity index (χ0) is 29.3. The number of amides is 1. The molecule has 0 aliphatic carbocycles. The second-order valence-electron chi connectivity index (χ2n) is 11.1. The summed E-state index contributed by atoms with van der Waals surface area (Å²) < 4.78 is 13.9. The molecular weight excluding hydrogens is 608 g/mol. The molecule has 7 heteroatoms. The Balaban J connectivity index is 0.00000616. The van der Waals surface area contributed by atoms with Gasteiger partial charge in [-0.1, -0.05) is 101 Å². The van der Waals surface area contributed by atoms with Gasteiger partial charge in [-0.05, 0) is 37.6 Å². The number of rotatable bonds is 20. The van der Waals surface area contributed by atoms with Crippen molar-refractivity contribution in [2.24, 2.45) is 0 Å². The number of halogens is 1. The van der Waals surface area contributed by atoms with Crippen LogP contribution in [0.4, 0.5) is 5.69 Å². The first-order valence-corrected chi connectivity index (χ1v) is 16.5. The topological polar surface area (TPSA) is 42.7 Å². The van der Waals surface area contributed by atoms with E-state index in [0.717, 1.165) is 41.3 Å². The molecule has 3 rings (SSSR count). The van der Waals surface area contributed by atoms with Gasteiger partial charge in [0.15, 0.2) is 12.7 Å². The molecule has 0 radical (unpaired) electrons. The number of carbonyl (C=O) groups is 1. The Hall–Kier alpha value is -2.38. The minimum absolute atomic E-state index is 0. The lowest BCUT2D eigenvalue weighted by Crippen LogP contribution is -3.00. The average Bonchev–Trinajstić information content (AvgIpc) is 3.38. The van der Waals surface area contributed by atoms with Crippen molar-refractivity contribution >= 4 is 22.9 Å². The number of anilines is 1. The summed E-state index contributed by atoms with van der Waals surface area (Å²) in [5.74, 6) is 1.56. The van der Waals surface area contributed by atoms with E-state index in [1.54, 1.807) is 25.4 Å². The number of nitrogens with zero attached hydrogens (tertiary/aromatic N) is 2. The van der Waals surface area contributed by atoms with Crippen molar-refractivity contribution in [3.05, 3.63) is 70.2 Å². The van der Waals surface area contributed by atoms with Crippen molar-refractivity contribution in [3.8, 4) is 11.5 Å². The van der Waals surface area contributed by atoms with Crippen molar-refractivity contribution in [2.45, 2.75) is 111 Å². The molecule has 1 aromatic heterocycles. The Bertz CT molecular complexity index is 1180. The van der Waals surface area contributed by atoms with Crippen LogP contribution >= 0.6 is 11.3 Å². The third-order valence-corrected chi connectivity index (χ3v) is 8.40. The molecule has 0 aliphatic rings. The highest BCUT2D eigenvalue weighted by atomic mass is 79.9. The highest BCUT2D eigenvalue weighted by Gasteiger charge is 2.17. The normalized spacial score (nSPS) is 10.8. The van der Waals surface area contributed by atoms with E-state index in [4.69, 9.17) is 9.47 Å². The number of hydrogen-bond acceptors (Lipinski definition) is 4. The summed E-state index contributed by atoms with van der Waals surface area (Å²) in [5, 5.41) is 0. The zero-order valence-electron chi connectivity index (χ0n) is 26.2. The molecule has 2 aromatic carbocycles. The number of unbranched alkanes of at least 4 members (excludes halogenated alkanes) is 11. The van der Waals surface area contributed by atoms with Crippen LogP contribution in [0.3, 0.4) is 0 Å². The van der Waals surface area contributed by atoms with E-state index >= 15 is 0 Å². The van der Waals surface area contributed by atoms with Crippen molar-refractivity contribution in [1.29, 1.82) is 0 Å². The lowest BCUT2D eigenvalue weighted by Gasteiger charge is -2.23. The molecule has 0 bridgehead atoms. The second kappa shape index (κ2) is 20.5. The molecular formula is C35H51BrN2O3S. The Morgan fingerprint density at radius 2 is 1.57 bits per heavy atom. The van der Waals surface area contributed by atoms with Gasteiger partial charge in [-0.2, -0.15) is 4.57 Å². The van der Waals surface area contributed by atoms with Crippen molar-refractivity contribution < 1.29 is 35.8 Å². The summed E-state index contributed by atoms with van der Waals surface area (Å²) in [7, 11) is 1.67. The van der Waals surface area contributed by atoms with Crippen LogP contribution in [-0.2, 0) is 17.9 Å². The van der Waals surface area contributed by atoms with E-state index in [0.29, 0.717) is 13.2 Å². The highest BCUT2D eigenvalue weighted by molar-refractivity contribution is 7.09. The largest absolute Gasteiger partial charge is 1.00 e. The van der Waals surface area contributed by atoms with Gasteiger partial charge in [-0.3, -0.25) is 4.79 Å². The van der Waals surface area contributed by atoms with Gasteiger partial charge in [0.05, 0.1) is 25.1 Å². The zero-order valence-corrected chi connectivity index (χ0v) is 28.6. The van der Waals surface area contributed by atoms with E-state index in [9.17, 15) is 4.79 Å². The maximum absolute atomic E-state index is 12.8. The van der Waals surface area contributed by atoms with E-state index in [1.807, 2.05) is 35.2 Å². The molecule has 0 aliphatic heterocycles.